The number of primary amides is 1. The van der Waals surface area contributed by atoms with Crippen LogP contribution in [-0.4, -0.2) is 67.1 Å². The zero-order valence-electron chi connectivity index (χ0n) is 17.4. The van der Waals surface area contributed by atoms with Gasteiger partial charge in [0, 0.05) is 45.3 Å². The fourth-order valence-electron chi connectivity index (χ4n) is 3.47. The number of amides is 3. The summed E-state index contributed by atoms with van der Waals surface area (Å²) in [5, 5.41) is 0. The topological polar surface area (TPSA) is 94.3 Å². The Morgan fingerprint density at radius 1 is 1.14 bits per heavy atom. The molecule has 0 spiro atoms. The first-order chi connectivity index (χ1) is 14.0. The quantitative estimate of drug-likeness (QED) is 0.602. The minimum atomic E-state index is -0.457. The lowest BCUT2D eigenvalue weighted by molar-refractivity contribution is -0.141. The van der Waals surface area contributed by atoms with Gasteiger partial charge in [0.1, 0.15) is 6.61 Å². The summed E-state index contributed by atoms with van der Waals surface area (Å²) >= 11 is 0. The second-order valence-corrected chi connectivity index (χ2v) is 6.92. The van der Waals surface area contributed by atoms with Crippen LogP contribution < -0.4 is 5.73 Å². The molecular weight excluding hydrogens is 374 g/mol. The van der Waals surface area contributed by atoms with Crippen LogP contribution in [0.25, 0.3) is 0 Å². The number of hydrogen-bond acceptors (Lipinski definition) is 5. The van der Waals surface area contributed by atoms with Crippen LogP contribution in [0.5, 0.6) is 0 Å². The molecule has 0 aromatic heterocycles. The molecule has 8 nitrogen and oxygen atoms in total. The fourth-order valence-corrected chi connectivity index (χ4v) is 3.47. The molecule has 0 bridgehead atoms. The van der Waals surface area contributed by atoms with Gasteiger partial charge in [-0.3, -0.25) is 0 Å². The number of benzene rings is 1. The summed E-state index contributed by atoms with van der Waals surface area (Å²) in [4.78, 5) is 27.6. The van der Waals surface area contributed by atoms with Crippen LogP contribution >= 0.6 is 0 Å². The molecule has 1 fully saturated rings. The van der Waals surface area contributed by atoms with E-state index in [1.807, 2.05) is 44.2 Å². The van der Waals surface area contributed by atoms with Crippen LogP contribution in [0.4, 0.5) is 9.59 Å². The number of ether oxygens (including phenoxy) is 3. The third-order valence-corrected chi connectivity index (χ3v) is 4.96. The first-order valence-corrected chi connectivity index (χ1v) is 10.3. The number of piperidine rings is 1. The van der Waals surface area contributed by atoms with E-state index in [4.69, 9.17) is 19.9 Å². The van der Waals surface area contributed by atoms with Crippen molar-refractivity contribution in [2.24, 2.45) is 5.73 Å². The first-order valence-electron chi connectivity index (χ1n) is 10.3. The van der Waals surface area contributed by atoms with Crippen molar-refractivity contribution < 1.29 is 23.8 Å². The molecule has 2 N–H and O–H groups in total. The highest BCUT2D eigenvalue weighted by Crippen LogP contribution is 2.19. The smallest absolute Gasteiger partial charge is 0.410 e. The molecular formula is C21H33N3O5. The van der Waals surface area contributed by atoms with Gasteiger partial charge in [0.05, 0.1) is 0 Å². The van der Waals surface area contributed by atoms with E-state index in [-0.39, 0.29) is 25.0 Å². The van der Waals surface area contributed by atoms with Crippen molar-refractivity contribution in [2.75, 3.05) is 32.8 Å². The van der Waals surface area contributed by atoms with Crippen LogP contribution in [0, 0.1) is 0 Å². The number of urea groups is 1. The fraction of sp³-hybridized carbons (Fsp3) is 0.619. The van der Waals surface area contributed by atoms with Gasteiger partial charge < -0.3 is 29.7 Å². The third kappa shape index (κ3) is 7.55. The number of nitrogens with zero attached hydrogens (tertiary/aromatic N) is 2. The molecule has 0 atom stereocenters. The summed E-state index contributed by atoms with van der Waals surface area (Å²) in [7, 11) is 0. The van der Waals surface area contributed by atoms with E-state index >= 15 is 0 Å². The maximum atomic E-state index is 12.3. The number of likely N-dealkylation sites (tertiary alicyclic amines) is 1. The largest absolute Gasteiger partial charge is 0.445 e. The van der Waals surface area contributed by atoms with E-state index in [0.717, 1.165) is 5.56 Å². The van der Waals surface area contributed by atoms with E-state index in [1.54, 1.807) is 9.80 Å². The Morgan fingerprint density at radius 2 is 1.76 bits per heavy atom. The lowest BCUT2D eigenvalue weighted by atomic mass is 10.0. The highest BCUT2D eigenvalue weighted by Gasteiger charge is 2.29. The molecule has 0 unspecified atom stereocenters. The van der Waals surface area contributed by atoms with Gasteiger partial charge in [0.2, 0.25) is 0 Å². The molecule has 8 heteroatoms. The Bertz CT molecular complexity index is 614. The maximum absolute atomic E-state index is 12.3. The normalized spacial score (nSPS) is 14.8. The van der Waals surface area contributed by atoms with Crippen molar-refractivity contribution in [1.82, 2.24) is 9.80 Å². The Hall–Kier alpha value is -2.32. The third-order valence-electron chi connectivity index (χ3n) is 4.96. The van der Waals surface area contributed by atoms with Gasteiger partial charge in [-0.1, -0.05) is 30.3 Å². The monoisotopic (exact) mass is 407 g/mol. The van der Waals surface area contributed by atoms with Crippen molar-refractivity contribution >= 4 is 12.1 Å². The number of rotatable bonds is 10. The molecule has 0 aliphatic carbocycles. The minimum absolute atomic E-state index is 0.00502. The second kappa shape index (κ2) is 12.3. The number of carbonyl (C=O) groups excluding carboxylic acids is 2. The SMILES string of the molecule is CCOC(CCN(C(N)=O)C1CCN(C(=O)OCc2ccccc2)CC1)OCC. The van der Waals surface area contributed by atoms with Gasteiger partial charge in [-0.2, -0.15) is 0 Å². The molecule has 1 aliphatic rings. The van der Waals surface area contributed by atoms with Crippen LogP contribution in [-0.2, 0) is 20.8 Å². The summed E-state index contributed by atoms with van der Waals surface area (Å²) < 4.78 is 16.5. The minimum Gasteiger partial charge on any atom is -0.445 e. The van der Waals surface area contributed by atoms with Crippen LogP contribution in [0.1, 0.15) is 38.7 Å². The highest BCUT2D eigenvalue weighted by molar-refractivity contribution is 5.72. The second-order valence-electron chi connectivity index (χ2n) is 6.92. The first kappa shape index (κ1) is 23.0. The number of hydrogen-bond donors (Lipinski definition) is 1. The predicted octanol–water partition coefficient (Wildman–Crippen LogP) is 2.96. The zero-order chi connectivity index (χ0) is 21.1. The Balaban J connectivity index is 1.80. The van der Waals surface area contributed by atoms with Gasteiger partial charge in [-0.05, 0) is 32.3 Å². The Labute approximate surface area is 172 Å². The van der Waals surface area contributed by atoms with Gasteiger partial charge >= 0.3 is 12.1 Å². The van der Waals surface area contributed by atoms with E-state index in [0.29, 0.717) is 52.1 Å². The van der Waals surface area contributed by atoms with Crippen molar-refractivity contribution in [3.8, 4) is 0 Å². The lowest BCUT2D eigenvalue weighted by Crippen LogP contribution is -2.51. The molecule has 29 heavy (non-hydrogen) atoms. The molecule has 3 amide bonds. The van der Waals surface area contributed by atoms with E-state index in [2.05, 4.69) is 0 Å². The molecule has 1 aromatic rings. The van der Waals surface area contributed by atoms with Gasteiger partial charge in [0.25, 0.3) is 0 Å². The molecule has 162 valence electrons. The zero-order valence-corrected chi connectivity index (χ0v) is 17.4. The van der Waals surface area contributed by atoms with Crippen LogP contribution in [0.15, 0.2) is 30.3 Å². The maximum Gasteiger partial charge on any atom is 0.410 e. The molecule has 0 saturated carbocycles. The number of carbonyl (C=O) groups is 2. The van der Waals surface area contributed by atoms with Crippen LogP contribution in [0.2, 0.25) is 0 Å². The summed E-state index contributed by atoms with van der Waals surface area (Å²) in [5.74, 6) is 0. The molecule has 1 heterocycles. The van der Waals surface area contributed by atoms with Crippen LogP contribution in [0.3, 0.4) is 0 Å². The summed E-state index contributed by atoms with van der Waals surface area (Å²) in [6.07, 6.45) is 1.21. The lowest BCUT2D eigenvalue weighted by Gasteiger charge is -2.37. The summed E-state index contributed by atoms with van der Waals surface area (Å²) in [5.41, 5.74) is 6.56. The summed E-state index contributed by atoms with van der Waals surface area (Å²) in [6.45, 7) is 6.68. The molecule has 2 rings (SSSR count). The van der Waals surface area contributed by atoms with Crippen molar-refractivity contribution in [3.05, 3.63) is 35.9 Å². The van der Waals surface area contributed by atoms with Gasteiger partial charge in [-0.25, -0.2) is 9.59 Å². The van der Waals surface area contributed by atoms with Gasteiger partial charge in [0.15, 0.2) is 6.29 Å². The Kier molecular flexibility index (Phi) is 9.73. The molecule has 1 saturated heterocycles. The van der Waals surface area contributed by atoms with Crippen molar-refractivity contribution in [2.45, 2.75) is 52.0 Å². The van der Waals surface area contributed by atoms with Crippen molar-refractivity contribution in [3.63, 3.8) is 0 Å². The Morgan fingerprint density at radius 3 is 2.31 bits per heavy atom. The number of nitrogens with two attached hydrogens (primary N) is 1. The standard InChI is InChI=1S/C21H33N3O5/c1-3-27-19(28-4-2)12-15-24(20(22)25)18-10-13-23(14-11-18)21(26)29-16-17-8-6-5-7-9-17/h5-9,18-19H,3-4,10-16H2,1-2H3,(H2,22,25). The van der Waals surface area contributed by atoms with E-state index < -0.39 is 6.03 Å². The van der Waals surface area contributed by atoms with E-state index in [9.17, 15) is 9.59 Å². The summed E-state index contributed by atoms with van der Waals surface area (Å²) in [6, 6.07) is 9.12. The van der Waals surface area contributed by atoms with Crippen molar-refractivity contribution in [1.29, 1.82) is 0 Å². The molecule has 1 aliphatic heterocycles. The van der Waals surface area contributed by atoms with E-state index in [1.165, 1.54) is 0 Å². The highest BCUT2D eigenvalue weighted by atomic mass is 16.7. The van der Waals surface area contributed by atoms with Gasteiger partial charge in [-0.15, -0.1) is 0 Å². The molecule has 0 radical (unpaired) electrons. The average molecular weight is 408 g/mol. The predicted molar refractivity (Wildman–Crippen MR) is 109 cm³/mol. The average Bonchev–Trinajstić information content (AvgIpc) is 2.73. The molecule has 1 aromatic carbocycles.